The van der Waals surface area contributed by atoms with Gasteiger partial charge in [0.05, 0.1) is 45.9 Å². The number of nitrogens with zero attached hydrogens (tertiary/aromatic N) is 3. The summed E-state index contributed by atoms with van der Waals surface area (Å²) in [5.41, 5.74) is 0. The van der Waals surface area contributed by atoms with Gasteiger partial charge in [-0.25, -0.2) is 0 Å². The van der Waals surface area contributed by atoms with Crippen molar-refractivity contribution in [1.29, 1.82) is 0 Å². The van der Waals surface area contributed by atoms with Gasteiger partial charge in [0.2, 0.25) is 0 Å². The van der Waals surface area contributed by atoms with Crippen molar-refractivity contribution in [2.24, 2.45) is 0 Å². The van der Waals surface area contributed by atoms with Crippen LogP contribution >= 0.6 is 0 Å². The fourth-order valence-corrected chi connectivity index (χ4v) is 4.08. The monoisotopic (exact) mass is 589 g/mol. The van der Waals surface area contributed by atoms with Crippen molar-refractivity contribution in [2.75, 3.05) is 72.1 Å². The topological polar surface area (TPSA) is 174 Å². The number of carbonyl (C=O) groups is 5. The zero-order valence-corrected chi connectivity index (χ0v) is 24.9. The molecule has 13 heteroatoms. The molecule has 0 radical (unpaired) electrons. The summed E-state index contributed by atoms with van der Waals surface area (Å²) >= 11 is 0. The van der Waals surface area contributed by atoms with Gasteiger partial charge >= 0.3 is 29.8 Å². The van der Waals surface area contributed by atoms with Crippen LogP contribution in [0.25, 0.3) is 0 Å². The molecule has 3 N–H and O–H groups in total. The Kier molecular flexibility index (Phi) is 23.3. The third-order valence-electron chi connectivity index (χ3n) is 6.27. The highest BCUT2D eigenvalue weighted by Crippen LogP contribution is 2.04. The van der Waals surface area contributed by atoms with Gasteiger partial charge in [-0.15, -0.1) is 0 Å². The number of esters is 2. The fraction of sp³-hybridized carbons (Fsp3) is 0.821. The predicted octanol–water partition coefficient (Wildman–Crippen LogP) is 2.17. The first-order chi connectivity index (χ1) is 19.6. The molecule has 0 aromatic heterocycles. The maximum atomic E-state index is 12.2. The Morgan fingerprint density at radius 2 is 0.780 bits per heavy atom. The summed E-state index contributed by atoms with van der Waals surface area (Å²) in [5, 5.41) is 27.9. The van der Waals surface area contributed by atoms with E-state index >= 15 is 0 Å². The van der Waals surface area contributed by atoms with Gasteiger partial charge in [0, 0.05) is 26.2 Å². The second-order valence-corrected chi connectivity index (χ2v) is 10.1. The standard InChI is InChI=1S/C28H51N3O10/c1-3-5-7-9-11-17-40-27(38)22-30(20-25(34)35)15-13-29(19-24(32)33)14-16-31(21-26(36)37)23-28(39)41-18-12-10-8-6-4-2/h3-23H2,1-2H3,(H,32,33)(H,34,35)(H,36,37). The van der Waals surface area contributed by atoms with Crippen LogP contribution in [0.5, 0.6) is 0 Å². The Morgan fingerprint density at radius 3 is 1.12 bits per heavy atom. The molecule has 0 saturated carbocycles. The Balaban J connectivity index is 4.89. The van der Waals surface area contributed by atoms with Crippen LogP contribution in [-0.4, -0.2) is 132 Å². The summed E-state index contributed by atoms with van der Waals surface area (Å²) in [5.74, 6) is -4.51. The molecule has 0 aromatic rings. The summed E-state index contributed by atoms with van der Waals surface area (Å²) < 4.78 is 10.4. The van der Waals surface area contributed by atoms with Crippen LogP contribution in [0.3, 0.4) is 0 Å². The minimum Gasteiger partial charge on any atom is -0.480 e. The summed E-state index contributed by atoms with van der Waals surface area (Å²) in [4.78, 5) is 62.8. The van der Waals surface area contributed by atoms with Crippen LogP contribution in [-0.2, 0) is 33.4 Å². The van der Waals surface area contributed by atoms with E-state index in [9.17, 15) is 39.3 Å². The van der Waals surface area contributed by atoms with Gasteiger partial charge in [-0.3, -0.25) is 38.7 Å². The van der Waals surface area contributed by atoms with Crippen molar-refractivity contribution in [3.63, 3.8) is 0 Å². The number of carbonyl (C=O) groups excluding carboxylic acids is 2. The molecule has 0 bridgehead atoms. The van der Waals surface area contributed by atoms with Gasteiger partial charge in [-0.2, -0.15) is 0 Å². The van der Waals surface area contributed by atoms with Gasteiger partial charge in [-0.1, -0.05) is 65.2 Å². The van der Waals surface area contributed by atoms with Crippen molar-refractivity contribution >= 4 is 29.8 Å². The maximum Gasteiger partial charge on any atom is 0.320 e. The molecule has 0 atom stereocenters. The minimum absolute atomic E-state index is 0.0736. The van der Waals surface area contributed by atoms with Crippen molar-refractivity contribution < 1.29 is 48.8 Å². The number of rotatable bonds is 28. The molecule has 0 rings (SSSR count). The molecule has 0 aliphatic carbocycles. The van der Waals surface area contributed by atoms with Gasteiger partial charge in [0.1, 0.15) is 0 Å². The van der Waals surface area contributed by atoms with Crippen molar-refractivity contribution in [3.8, 4) is 0 Å². The van der Waals surface area contributed by atoms with Crippen LogP contribution in [0.1, 0.15) is 78.1 Å². The Hall–Kier alpha value is -2.77. The zero-order valence-electron chi connectivity index (χ0n) is 24.9. The molecule has 13 nitrogen and oxygen atoms in total. The van der Waals surface area contributed by atoms with E-state index in [1.165, 1.54) is 14.7 Å². The van der Waals surface area contributed by atoms with Crippen LogP contribution in [0, 0.1) is 0 Å². The molecular weight excluding hydrogens is 538 g/mol. The summed E-state index contributed by atoms with van der Waals surface area (Å²) in [6.45, 7) is 3.34. The Labute approximate surface area is 243 Å². The number of carboxylic acids is 3. The lowest BCUT2D eigenvalue weighted by Gasteiger charge is -2.27. The van der Waals surface area contributed by atoms with Crippen molar-refractivity contribution in [2.45, 2.75) is 78.1 Å². The molecule has 0 saturated heterocycles. The van der Waals surface area contributed by atoms with E-state index in [0.29, 0.717) is 0 Å². The predicted molar refractivity (Wildman–Crippen MR) is 152 cm³/mol. The zero-order chi connectivity index (χ0) is 30.9. The number of aliphatic carboxylic acids is 3. The van der Waals surface area contributed by atoms with Crippen molar-refractivity contribution in [3.05, 3.63) is 0 Å². The molecule has 0 aromatic carbocycles. The highest BCUT2D eigenvalue weighted by atomic mass is 16.5. The number of ether oxygens (including phenoxy) is 2. The fourth-order valence-electron chi connectivity index (χ4n) is 4.08. The van der Waals surface area contributed by atoms with Gasteiger partial charge in [0.15, 0.2) is 0 Å². The lowest BCUT2D eigenvalue weighted by atomic mass is 10.2. The lowest BCUT2D eigenvalue weighted by molar-refractivity contribution is -0.148. The van der Waals surface area contributed by atoms with Crippen molar-refractivity contribution in [1.82, 2.24) is 14.7 Å². The second kappa shape index (κ2) is 25.0. The van der Waals surface area contributed by atoms with Gasteiger partial charge < -0.3 is 24.8 Å². The molecule has 0 aliphatic heterocycles. The first kappa shape index (κ1) is 38.2. The number of carboxylic acid groups (broad SMARTS) is 3. The summed E-state index contributed by atoms with van der Waals surface area (Å²) in [6, 6.07) is 0. The van der Waals surface area contributed by atoms with E-state index in [2.05, 4.69) is 13.8 Å². The van der Waals surface area contributed by atoms with E-state index < -0.39 is 42.9 Å². The average Bonchev–Trinajstić information content (AvgIpc) is 2.88. The number of hydrogen-bond donors (Lipinski definition) is 3. The summed E-state index contributed by atoms with van der Waals surface area (Å²) in [7, 11) is 0. The Bertz CT molecular complexity index is 711. The molecule has 41 heavy (non-hydrogen) atoms. The molecular formula is C28H51N3O10. The van der Waals surface area contributed by atoms with E-state index in [1.54, 1.807) is 0 Å². The van der Waals surface area contributed by atoms with E-state index in [4.69, 9.17) is 9.47 Å². The van der Waals surface area contributed by atoms with Gasteiger partial charge in [0.25, 0.3) is 0 Å². The highest BCUT2D eigenvalue weighted by molar-refractivity contribution is 5.74. The smallest absolute Gasteiger partial charge is 0.320 e. The van der Waals surface area contributed by atoms with Crippen LogP contribution < -0.4 is 0 Å². The minimum atomic E-state index is -1.14. The van der Waals surface area contributed by atoms with E-state index in [0.717, 1.165) is 64.2 Å². The lowest BCUT2D eigenvalue weighted by Crippen LogP contribution is -2.45. The first-order valence-electron chi connectivity index (χ1n) is 14.7. The average molecular weight is 590 g/mol. The molecule has 0 amide bonds. The molecule has 238 valence electrons. The first-order valence-corrected chi connectivity index (χ1v) is 14.7. The van der Waals surface area contributed by atoms with Gasteiger partial charge in [-0.05, 0) is 12.8 Å². The molecule has 0 fully saturated rings. The normalized spacial score (nSPS) is 11.2. The summed E-state index contributed by atoms with van der Waals surface area (Å²) in [6.07, 6.45) is 9.91. The van der Waals surface area contributed by atoms with Crippen LogP contribution in [0.2, 0.25) is 0 Å². The number of unbranched alkanes of at least 4 members (excludes halogenated alkanes) is 8. The molecule has 0 aliphatic rings. The molecule has 0 spiro atoms. The second-order valence-electron chi connectivity index (χ2n) is 10.1. The van der Waals surface area contributed by atoms with E-state index in [1.807, 2.05) is 0 Å². The largest absolute Gasteiger partial charge is 0.480 e. The molecule has 0 unspecified atom stereocenters. The van der Waals surface area contributed by atoms with Crippen LogP contribution in [0.15, 0.2) is 0 Å². The molecule has 0 heterocycles. The third kappa shape index (κ3) is 24.7. The number of hydrogen-bond acceptors (Lipinski definition) is 10. The van der Waals surface area contributed by atoms with E-state index in [-0.39, 0.29) is 59.0 Å². The quantitative estimate of drug-likeness (QED) is 0.0895. The van der Waals surface area contributed by atoms with Crippen LogP contribution in [0.4, 0.5) is 0 Å². The maximum absolute atomic E-state index is 12.2. The SMILES string of the molecule is CCCCCCCOC(=O)CN(CCN(CCN(CC(=O)O)CC(=O)OCCCCCCC)CC(=O)O)CC(=O)O. The highest BCUT2D eigenvalue weighted by Gasteiger charge is 2.20. The third-order valence-corrected chi connectivity index (χ3v) is 6.27. The Morgan fingerprint density at radius 1 is 0.463 bits per heavy atom.